The number of carbonyl (C=O) groups excluding carboxylic acids is 1. The molecule has 2 N–H and O–H groups in total. The Hall–Kier alpha value is -2.02. The van der Waals surface area contributed by atoms with Crippen LogP contribution in [0.3, 0.4) is 0 Å². The van der Waals surface area contributed by atoms with Gasteiger partial charge in [0.25, 0.3) is 5.91 Å². The van der Waals surface area contributed by atoms with E-state index in [1.54, 1.807) is 30.5 Å². The summed E-state index contributed by atoms with van der Waals surface area (Å²) < 4.78 is 16.5. The Morgan fingerprint density at radius 3 is 2.68 bits per heavy atom. The van der Waals surface area contributed by atoms with Gasteiger partial charge in [0.1, 0.15) is 18.8 Å². The first-order valence-corrected chi connectivity index (χ1v) is 8.71. The van der Waals surface area contributed by atoms with Crippen LogP contribution in [0.15, 0.2) is 47.1 Å². The van der Waals surface area contributed by atoms with Gasteiger partial charge in [-0.15, -0.1) is 0 Å². The van der Waals surface area contributed by atoms with Gasteiger partial charge in [-0.25, -0.2) is 0 Å². The van der Waals surface area contributed by atoms with Gasteiger partial charge in [-0.2, -0.15) is 0 Å². The minimum atomic E-state index is -0.167. The molecule has 1 aliphatic rings. The van der Waals surface area contributed by atoms with E-state index in [1.807, 2.05) is 12.1 Å². The van der Waals surface area contributed by atoms with Crippen LogP contribution in [0.25, 0.3) is 0 Å². The van der Waals surface area contributed by atoms with Crippen molar-refractivity contribution in [2.24, 2.45) is 0 Å². The normalized spacial score (nSPS) is 16.4. The molecule has 1 aromatic carbocycles. The molecule has 1 aromatic heterocycles. The Kier molecular flexibility index (Phi) is 6.33. The number of morpholine rings is 1. The third-order valence-corrected chi connectivity index (χ3v) is 4.45. The predicted molar refractivity (Wildman–Crippen MR) is 92.9 cm³/mol. The van der Waals surface area contributed by atoms with Crippen LogP contribution in [0.5, 0.6) is 5.75 Å². The number of carbonyl (C=O) groups is 1. The van der Waals surface area contributed by atoms with Gasteiger partial charge in [0.2, 0.25) is 0 Å². The molecule has 2 aromatic rings. The first-order valence-electron chi connectivity index (χ1n) is 8.33. The lowest BCUT2D eigenvalue weighted by atomic mass is 10.1. The van der Waals surface area contributed by atoms with Crippen molar-refractivity contribution in [2.45, 2.75) is 6.04 Å². The molecule has 6 nitrogen and oxygen atoms in total. The second-order valence-corrected chi connectivity index (χ2v) is 6.32. The molecule has 0 spiro atoms. The highest BCUT2D eigenvalue weighted by Gasteiger charge is 2.28. The Balaban J connectivity index is 1.51. The van der Waals surface area contributed by atoms with Crippen molar-refractivity contribution < 1.29 is 23.6 Å². The molecule has 7 heteroatoms. The van der Waals surface area contributed by atoms with Gasteiger partial charge in [0, 0.05) is 5.02 Å². The Morgan fingerprint density at radius 1 is 1.24 bits per heavy atom. The van der Waals surface area contributed by atoms with Crippen molar-refractivity contribution in [3.05, 3.63) is 53.4 Å². The molecular weight excluding hydrogens is 344 g/mol. The highest BCUT2D eigenvalue weighted by molar-refractivity contribution is 6.30. The average Bonchev–Trinajstić information content (AvgIpc) is 3.17. The minimum absolute atomic E-state index is 0.0368. The van der Waals surface area contributed by atoms with Crippen LogP contribution in [0.1, 0.15) is 11.8 Å². The van der Waals surface area contributed by atoms with Crippen molar-refractivity contribution in [2.75, 3.05) is 39.5 Å². The zero-order valence-corrected chi connectivity index (χ0v) is 14.6. The van der Waals surface area contributed by atoms with Gasteiger partial charge in [0.05, 0.1) is 26.0 Å². The number of benzene rings is 1. The van der Waals surface area contributed by atoms with E-state index in [0.717, 1.165) is 32.1 Å². The van der Waals surface area contributed by atoms with Crippen molar-refractivity contribution >= 4 is 17.5 Å². The number of ether oxygens (including phenoxy) is 2. The molecule has 3 rings (SSSR count). The third-order valence-electron chi connectivity index (χ3n) is 4.20. The summed E-state index contributed by atoms with van der Waals surface area (Å²) in [5.41, 5.74) is 0. The number of hydrogen-bond acceptors (Lipinski definition) is 4. The Labute approximate surface area is 151 Å². The Bertz CT molecular complexity index is 654. The standard InChI is InChI=1S/C18H21ClN2O4/c19-14-3-5-15(6-4-14)25-13-18(22)20-12-16(17-2-1-9-24-17)21-7-10-23-11-8-21/h1-6,9,16H,7-8,10-13H2,(H,20,22)/p+1/t16-/m1/s1. The number of halogens is 1. The van der Waals surface area contributed by atoms with Crippen LogP contribution in [0.2, 0.25) is 5.02 Å². The van der Waals surface area contributed by atoms with E-state index in [9.17, 15) is 4.79 Å². The third kappa shape index (κ3) is 5.22. The summed E-state index contributed by atoms with van der Waals surface area (Å²) in [6, 6.07) is 10.8. The minimum Gasteiger partial charge on any atom is -0.484 e. The van der Waals surface area contributed by atoms with Gasteiger partial charge in [-0.1, -0.05) is 11.6 Å². The molecule has 1 atom stereocenters. The number of quaternary nitrogens is 1. The zero-order chi connectivity index (χ0) is 17.5. The van der Waals surface area contributed by atoms with Crippen molar-refractivity contribution in [3.63, 3.8) is 0 Å². The number of furan rings is 1. The molecule has 0 bridgehead atoms. The van der Waals surface area contributed by atoms with E-state index in [2.05, 4.69) is 5.32 Å². The van der Waals surface area contributed by atoms with E-state index in [0.29, 0.717) is 17.3 Å². The fourth-order valence-corrected chi connectivity index (χ4v) is 2.99. The second kappa shape index (κ2) is 8.89. The van der Waals surface area contributed by atoms with Gasteiger partial charge >= 0.3 is 0 Å². The van der Waals surface area contributed by atoms with Crippen LogP contribution in [-0.4, -0.2) is 45.4 Å². The molecular formula is C18H22ClN2O4+. The molecule has 134 valence electrons. The summed E-state index contributed by atoms with van der Waals surface area (Å²) in [5, 5.41) is 3.57. The molecule has 0 aliphatic carbocycles. The van der Waals surface area contributed by atoms with Crippen LogP contribution >= 0.6 is 11.6 Å². The summed E-state index contributed by atoms with van der Waals surface area (Å²) in [6.45, 7) is 3.68. The molecule has 1 saturated heterocycles. The summed E-state index contributed by atoms with van der Waals surface area (Å²) in [4.78, 5) is 13.5. The van der Waals surface area contributed by atoms with Crippen LogP contribution in [0.4, 0.5) is 0 Å². The summed E-state index contributed by atoms with van der Waals surface area (Å²) >= 11 is 5.83. The van der Waals surface area contributed by atoms with Crippen molar-refractivity contribution in [1.29, 1.82) is 0 Å². The number of nitrogens with one attached hydrogen (secondary N) is 2. The summed E-state index contributed by atoms with van der Waals surface area (Å²) in [5.74, 6) is 1.32. The highest BCUT2D eigenvalue weighted by atomic mass is 35.5. The monoisotopic (exact) mass is 365 g/mol. The van der Waals surface area contributed by atoms with E-state index in [4.69, 9.17) is 25.5 Å². The molecule has 2 heterocycles. The zero-order valence-electron chi connectivity index (χ0n) is 13.9. The largest absolute Gasteiger partial charge is 0.484 e. The molecule has 25 heavy (non-hydrogen) atoms. The number of hydrogen-bond donors (Lipinski definition) is 2. The smallest absolute Gasteiger partial charge is 0.258 e. The summed E-state index contributed by atoms with van der Waals surface area (Å²) in [7, 11) is 0. The van der Waals surface area contributed by atoms with Gasteiger partial charge < -0.3 is 24.1 Å². The average molecular weight is 366 g/mol. The number of rotatable bonds is 7. The van der Waals surface area contributed by atoms with Gasteiger partial charge in [-0.3, -0.25) is 4.79 Å². The quantitative estimate of drug-likeness (QED) is 0.770. The van der Waals surface area contributed by atoms with Gasteiger partial charge in [0.15, 0.2) is 18.4 Å². The topological polar surface area (TPSA) is 65.1 Å². The van der Waals surface area contributed by atoms with Crippen LogP contribution in [0, 0.1) is 0 Å². The van der Waals surface area contributed by atoms with E-state index in [-0.39, 0.29) is 18.6 Å². The first kappa shape index (κ1) is 17.8. The highest BCUT2D eigenvalue weighted by Crippen LogP contribution is 2.15. The summed E-state index contributed by atoms with van der Waals surface area (Å²) in [6.07, 6.45) is 1.66. The fourth-order valence-electron chi connectivity index (χ4n) is 2.86. The lowest BCUT2D eigenvalue weighted by molar-refractivity contribution is -0.938. The lowest BCUT2D eigenvalue weighted by Crippen LogP contribution is -3.15. The molecule has 0 unspecified atom stereocenters. The molecule has 0 saturated carbocycles. The molecule has 1 aliphatic heterocycles. The van der Waals surface area contributed by atoms with E-state index >= 15 is 0 Å². The Morgan fingerprint density at radius 2 is 2.00 bits per heavy atom. The van der Waals surface area contributed by atoms with Gasteiger partial charge in [-0.05, 0) is 36.4 Å². The van der Waals surface area contributed by atoms with Crippen molar-refractivity contribution in [1.82, 2.24) is 5.32 Å². The molecule has 0 radical (unpaired) electrons. The predicted octanol–water partition coefficient (Wildman–Crippen LogP) is 1.08. The maximum atomic E-state index is 12.1. The fraction of sp³-hybridized carbons (Fsp3) is 0.389. The second-order valence-electron chi connectivity index (χ2n) is 5.89. The lowest BCUT2D eigenvalue weighted by Gasteiger charge is -2.30. The van der Waals surface area contributed by atoms with E-state index in [1.165, 1.54) is 4.90 Å². The number of amides is 1. The molecule has 1 amide bonds. The maximum Gasteiger partial charge on any atom is 0.258 e. The van der Waals surface area contributed by atoms with E-state index < -0.39 is 0 Å². The van der Waals surface area contributed by atoms with Crippen molar-refractivity contribution in [3.8, 4) is 5.75 Å². The van der Waals surface area contributed by atoms with Crippen LogP contribution < -0.4 is 15.0 Å². The molecule has 1 fully saturated rings. The first-order chi connectivity index (χ1) is 12.2. The SMILES string of the molecule is O=C(COc1ccc(Cl)cc1)NC[C@H](c1ccco1)[NH+]1CCOCC1. The maximum absolute atomic E-state index is 12.1. The van der Waals surface area contributed by atoms with Crippen LogP contribution in [-0.2, 0) is 9.53 Å².